The van der Waals surface area contributed by atoms with Crippen molar-refractivity contribution in [3.63, 3.8) is 0 Å². The summed E-state index contributed by atoms with van der Waals surface area (Å²) in [5.74, 6) is -0.158. The van der Waals surface area contributed by atoms with Gasteiger partial charge in [0, 0.05) is 24.5 Å². The standard InChI is InChI=1S/C22H29N3O3S/c1-17-7-8-20(15-18(17)2)24-22(26)16-23-19-9-11-21(12-10-19)29(27,28)25-13-5-3-4-6-14-25/h7-12,15,23H,3-6,13-14,16H2,1-2H3,(H,24,26). The number of rotatable bonds is 6. The smallest absolute Gasteiger partial charge is 0.243 e. The lowest BCUT2D eigenvalue weighted by atomic mass is 10.1. The van der Waals surface area contributed by atoms with Crippen LogP contribution in [0, 0.1) is 13.8 Å². The molecule has 1 heterocycles. The number of nitrogens with one attached hydrogen (secondary N) is 2. The fourth-order valence-corrected chi connectivity index (χ4v) is 4.90. The van der Waals surface area contributed by atoms with Crippen molar-refractivity contribution in [3.05, 3.63) is 53.6 Å². The molecule has 2 aromatic carbocycles. The van der Waals surface area contributed by atoms with E-state index in [1.54, 1.807) is 28.6 Å². The highest BCUT2D eigenvalue weighted by Gasteiger charge is 2.24. The summed E-state index contributed by atoms with van der Waals surface area (Å²) in [6, 6.07) is 12.4. The van der Waals surface area contributed by atoms with Gasteiger partial charge in [-0.05, 0) is 74.2 Å². The molecule has 0 atom stereocenters. The molecule has 0 unspecified atom stereocenters. The first kappa shape index (κ1) is 21.3. The van der Waals surface area contributed by atoms with E-state index in [1.165, 1.54) is 5.56 Å². The molecule has 7 heteroatoms. The number of benzene rings is 2. The molecule has 1 aliphatic rings. The van der Waals surface area contributed by atoms with E-state index in [4.69, 9.17) is 0 Å². The Bertz CT molecular complexity index is 948. The van der Waals surface area contributed by atoms with Crippen molar-refractivity contribution in [2.75, 3.05) is 30.3 Å². The van der Waals surface area contributed by atoms with E-state index in [9.17, 15) is 13.2 Å². The van der Waals surface area contributed by atoms with E-state index in [2.05, 4.69) is 10.6 Å². The monoisotopic (exact) mass is 415 g/mol. The molecule has 6 nitrogen and oxygen atoms in total. The Hall–Kier alpha value is -2.38. The first-order chi connectivity index (χ1) is 13.9. The van der Waals surface area contributed by atoms with Crippen LogP contribution in [0.2, 0.25) is 0 Å². The third-order valence-corrected chi connectivity index (χ3v) is 7.21. The predicted molar refractivity (Wildman–Crippen MR) is 117 cm³/mol. The van der Waals surface area contributed by atoms with E-state index in [-0.39, 0.29) is 12.5 Å². The van der Waals surface area contributed by atoms with Gasteiger partial charge in [-0.25, -0.2) is 8.42 Å². The lowest BCUT2D eigenvalue weighted by molar-refractivity contribution is -0.114. The number of aryl methyl sites for hydroxylation is 2. The maximum absolute atomic E-state index is 12.8. The minimum Gasteiger partial charge on any atom is -0.376 e. The second-order valence-corrected chi connectivity index (χ2v) is 9.48. The van der Waals surface area contributed by atoms with E-state index < -0.39 is 10.0 Å². The Morgan fingerprint density at radius 1 is 0.897 bits per heavy atom. The van der Waals surface area contributed by atoms with E-state index in [0.717, 1.165) is 36.9 Å². The maximum Gasteiger partial charge on any atom is 0.243 e. The molecule has 0 aliphatic carbocycles. The molecule has 3 rings (SSSR count). The van der Waals surface area contributed by atoms with Crippen molar-refractivity contribution >= 4 is 27.3 Å². The van der Waals surface area contributed by atoms with Crippen molar-refractivity contribution in [2.24, 2.45) is 0 Å². The summed E-state index contributed by atoms with van der Waals surface area (Å²) in [4.78, 5) is 12.5. The zero-order valence-corrected chi connectivity index (χ0v) is 17.9. The molecule has 0 aromatic heterocycles. The van der Waals surface area contributed by atoms with Gasteiger partial charge < -0.3 is 10.6 Å². The quantitative estimate of drug-likeness (QED) is 0.750. The van der Waals surface area contributed by atoms with Crippen molar-refractivity contribution in [1.29, 1.82) is 0 Å². The maximum atomic E-state index is 12.8. The van der Waals surface area contributed by atoms with Gasteiger partial charge in [0.15, 0.2) is 0 Å². The Balaban J connectivity index is 1.57. The number of carbonyl (C=O) groups is 1. The highest BCUT2D eigenvalue weighted by molar-refractivity contribution is 7.89. The van der Waals surface area contributed by atoms with Crippen LogP contribution in [0.1, 0.15) is 36.8 Å². The summed E-state index contributed by atoms with van der Waals surface area (Å²) in [7, 11) is -3.46. The van der Waals surface area contributed by atoms with Crippen LogP contribution in [0.5, 0.6) is 0 Å². The van der Waals surface area contributed by atoms with Crippen molar-refractivity contribution in [1.82, 2.24) is 4.31 Å². The minimum atomic E-state index is -3.46. The second-order valence-electron chi connectivity index (χ2n) is 7.54. The Labute approximate surface area is 173 Å². The van der Waals surface area contributed by atoms with Gasteiger partial charge in [-0.1, -0.05) is 18.9 Å². The molecular formula is C22H29N3O3S. The normalized spacial score (nSPS) is 15.5. The van der Waals surface area contributed by atoms with Gasteiger partial charge in [-0.3, -0.25) is 4.79 Å². The van der Waals surface area contributed by atoms with Crippen molar-refractivity contribution in [2.45, 2.75) is 44.4 Å². The average molecular weight is 416 g/mol. The minimum absolute atomic E-state index is 0.102. The Morgan fingerprint density at radius 2 is 1.52 bits per heavy atom. The average Bonchev–Trinajstić information content (AvgIpc) is 3.00. The van der Waals surface area contributed by atoms with Gasteiger partial charge in [-0.15, -0.1) is 0 Å². The van der Waals surface area contributed by atoms with Crippen molar-refractivity contribution < 1.29 is 13.2 Å². The Morgan fingerprint density at radius 3 is 2.14 bits per heavy atom. The zero-order chi connectivity index (χ0) is 20.9. The van der Waals surface area contributed by atoms with Crippen molar-refractivity contribution in [3.8, 4) is 0 Å². The first-order valence-electron chi connectivity index (χ1n) is 10.1. The van der Waals surface area contributed by atoms with Gasteiger partial charge in [-0.2, -0.15) is 4.31 Å². The Kier molecular flexibility index (Phi) is 6.92. The molecule has 0 radical (unpaired) electrons. The van der Waals surface area contributed by atoms with E-state index in [1.807, 2.05) is 32.0 Å². The molecule has 0 bridgehead atoms. The summed E-state index contributed by atoms with van der Waals surface area (Å²) < 4.78 is 27.2. The number of amides is 1. The van der Waals surface area contributed by atoms with Crippen LogP contribution >= 0.6 is 0 Å². The first-order valence-corrected chi connectivity index (χ1v) is 11.5. The lowest BCUT2D eigenvalue weighted by Crippen LogP contribution is -2.31. The molecule has 0 spiro atoms. The van der Waals surface area contributed by atoms with Crippen LogP contribution in [0.3, 0.4) is 0 Å². The predicted octanol–water partition coefficient (Wildman–Crippen LogP) is 3.92. The molecular weight excluding hydrogens is 386 g/mol. The topological polar surface area (TPSA) is 78.5 Å². The number of hydrogen-bond acceptors (Lipinski definition) is 4. The lowest BCUT2D eigenvalue weighted by Gasteiger charge is -2.20. The summed E-state index contributed by atoms with van der Waals surface area (Å²) in [5.41, 5.74) is 3.77. The molecule has 1 aliphatic heterocycles. The molecule has 1 fully saturated rings. The number of sulfonamides is 1. The molecule has 1 saturated heterocycles. The van der Waals surface area contributed by atoms with Crippen LogP contribution < -0.4 is 10.6 Å². The largest absolute Gasteiger partial charge is 0.376 e. The number of nitrogens with zero attached hydrogens (tertiary/aromatic N) is 1. The van der Waals surface area contributed by atoms with E-state index >= 15 is 0 Å². The van der Waals surface area contributed by atoms with Gasteiger partial charge in [0.2, 0.25) is 15.9 Å². The second kappa shape index (κ2) is 9.41. The van der Waals surface area contributed by atoms with Crippen LogP contribution in [-0.4, -0.2) is 38.3 Å². The summed E-state index contributed by atoms with van der Waals surface area (Å²) >= 11 is 0. The van der Waals surface area contributed by atoms with Crippen LogP contribution in [0.4, 0.5) is 11.4 Å². The molecule has 29 heavy (non-hydrogen) atoms. The summed E-state index contributed by atoms with van der Waals surface area (Å²) in [6.07, 6.45) is 3.99. The third kappa shape index (κ3) is 5.58. The van der Waals surface area contributed by atoms with E-state index in [0.29, 0.717) is 23.7 Å². The summed E-state index contributed by atoms with van der Waals surface area (Å²) in [6.45, 7) is 5.30. The highest BCUT2D eigenvalue weighted by atomic mass is 32.2. The molecule has 2 N–H and O–H groups in total. The SMILES string of the molecule is Cc1ccc(NC(=O)CNc2ccc(S(=O)(=O)N3CCCCCC3)cc2)cc1C. The van der Waals surface area contributed by atoms with Gasteiger partial charge in [0.05, 0.1) is 11.4 Å². The molecule has 1 amide bonds. The molecule has 2 aromatic rings. The van der Waals surface area contributed by atoms with Gasteiger partial charge in [0.25, 0.3) is 0 Å². The highest BCUT2D eigenvalue weighted by Crippen LogP contribution is 2.22. The fourth-order valence-electron chi connectivity index (χ4n) is 3.38. The third-order valence-electron chi connectivity index (χ3n) is 5.30. The number of hydrogen-bond donors (Lipinski definition) is 2. The summed E-state index contributed by atoms with van der Waals surface area (Å²) in [5, 5.41) is 5.90. The zero-order valence-electron chi connectivity index (χ0n) is 17.1. The molecule has 156 valence electrons. The van der Waals surface area contributed by atoms with Crippen LogP contribution in [-0.2, 0) is 14.8 Å². The van der Waals surface area contributed by atoms with Crippen LogP contribution in [0.15, 0.2) is 47.4 Å². The number of anilines is 2. The number of carbonyl (C=O) groups excluding carboxylic acids is 1. The van der Waals surface area contributed by atoms with Gasteiger partial charge >= 0.3 is 0 Å². The molecule has 0 saturated carbocycles. The fraction of sp³-hybridized carbons (Fsp3) is 0.409. The van der Waals surface area contributed by atoms with Gasteiger partial charge in [0.1, 0.15) is 0 Å². The van der Waals surface area contributed by atoms with Crippen LogP contribution in [0.25, 0.3) is 0 Å².